The molecule has 4 nitrogen and oxygen atoms in total. The van der Waals surface area contributed by atoms with E-state index in [4.69, 9.17) is 5.73 Å². The maximum absolute atomic E-state index is 13.6. The molecule has 1 amide bonds. The summed E-state index contributed by atoms with van der Waals surface area (Å²) >= 11 is 0. The van der Waals surface area contributed by atoms with E-state index in [1.807, 2.05) is 0 Å². The summed E-state index contributed by atoms with van der Waals surface area (Å²) in [6, 6.07) is 11.7. The van der Waals surface area contributed by atoms with E-state index in [0.29, 0.717) is 11.5 Å². The first-order valence-corrected chi connectivity index (χ1v) is 11.5. The lowest BCUT2D eigenvalue weighted by Gasteiger charge is -2.40. The van der Waals surface area contributed by atoms with Crippen LogP contribution in [-0.2, 0) is 16.8 Å². The van der Waals surface area contributed by atoms with E-state index in [9.17, 15) is 18.7 Å². The number of benzene rings is 2. The van der Waals surface area contributed by atoms with Gasteiger partial charge in [-0.3, -0.25) is 4.79 Å². The fourth-order valence-electron chi connectivity index (χ4n) is 4.77. The molecule has 0 unspecified atom stereocenters. The summed E-state index contributed by atoms with van der Waals surface area (Å²) in [4.78, 5) is 12.1. The largest absolute Gasteiger partial charge is 0.391 e. The number of carbonyl (C=O) groups is 1. The highest BCUT2D eigenvalue weighted by Gasteiger charge is 2.35. The van der Waals surface area contributed by atoms with Crippen molar-refractivity contribution in [2.24, 2.45) is 11.7 Å². The molecule has 174 valence electrons. The Morgan fingerprint density at radius 1 is 1.09 bits per heavy atom. The Bertz CT molecular complexity index is 906. The first-order chi connectivity index (χ1) is 15.2. The number of aliphatic hydroxyl groups excluding tert-OH is 1. The minimum atomic E-state index is -1.08. The molecular weight excluding hydrogens is 410 g/mol. The van der Waals surface area contributed by atoms with E-state index in [1.165, 1.54) is 29.7 Å². The Morgan fingerprint density at radius 3 is 2.34 bits per heavy atom. The standard InChI is InChI=1S/C26H34F2N2O2/c1-17(2)19-7-6-8-20(14-19)26(9-4-3-5-10-26)30-16-24(31)23(25(29)32)13-18-11-21(27)15-22(28)12-18/h6-8,11-12,14-15,17,23-24,30-31H,3-5,9-10,13,16H2,1-2H3,(H2,29,32)/t23-,24-/m0/s1. The van der Waals surface area contributed by atoms with E-state index in [0.717, 1.165) is 31.7 Å². The highest BCUT2D eigenvalue weighted by molar-refractivity contribution is 5.77. The number of amides is 1. The van der Waals surface area contributed by atoms with E-state index in [-0.39, 0.29) is 18.5 Å². The summed E-state index contributed by atoms with van der Waals surface area (Å²) in [5, 5.41) is 14.4. The molecule has 2 aromatic rings. The Labute approximate surface area is 189 Å². The van der Waals surface area contributed by atoms with Crippen molar-refractivity contribution in [3.05, 3.63) is 70.8 Å². The summed E-state index contributed by atoms with van der Waals surface area (Å²) in [5.41, 5.74) is 8.02. The van der Waals surface area contributed by atoms with Crippen LogP contribution in [0.3, 0.4) is 0 Å². The predicted molar refractivity (Wildman–Crippen MR) is 122 cm³/mol. The van der Waals surface area contributed by atoms with Gasteiger partial charge in [0, 0.05) is 18.2 Å². The van der Waals surface area contributed by atoms with Crippen LogP contribution in [0.5, 0.6) is 0 Å². The van der Waals surface area contributed by atoms with Crippen LogP contribution in [0, 0.1) is 17.6 Å². The third-order valence-electron chi connectivity index (χ3n) is 6.67. The van der Waals surface area contributed by atoms with Crippen LogP contribution in [0.1, 0.15) is 68.6 Å². The molecule has 0 radical (unpaired) electrons. The fourth-order valence-corrected chi connectivity index (χ4v) is 4.77. The molecule has 0 bridgehead atoms. The maximum atomic E-state index is 13.6. The van der Waals surface area contributed by atoms with Gasteiger partial charge < -0.3 is 16.2 Å². The van der Waals surface area contributed by atoms with Crippen LogP contribution < -0.4 is 11.1 Å². The molecule has 0 aromatic heterocycles. The lowest BCUT2D eigenvalue weighted by molar-refractivity contribution is -0.125. The van der Waals surface area contributed by atoms with Gasteiger partial charge in [0.15, 0.2) is 0 Å². The van der Waals surface area contributed by atoms with E-state index in [2.05, 4.69) is 43.4 Å². The van der Waals surface area contributed by atoms with Crippen molar-refractivity contribution in [1.29, 1.82) is 0 Å². The topological polar surface area (TPSA) is 75.3 Å². The molecule has 1 aliphatic carbocycles. The van der Waals surface area contributed by atoms with Gasteiger partial charge in [-0.05, 0) is 54.0 Å². The van der Waals surface area contributed by atoms with Crippen LogP contribution in [0.4, 0.5) is 8.78 Å². The van der Waals surface area contributed by atoms with Gasteiger partial charge in [0.2, 0.25) is 5.91 Å². The molecule has 32 heavy (non-hydrogen) atoms. The monoisotopic (exact) mass is 444 g/mol. The Balaban J connectivity index is 1.78. The van der Waals surface area contributed by atoms with E-state index >= 15 is 0 Å². The van der Waals surface area contributed by atoms with Crippen molar-refractivity contribution in [2.75, 3.05) is 6.54 Å². The van der Waals surface area contributed by atoms with Crippen LogP contribution >= 0.6 is 0 Å². The molecule has 1 aliphatic rings. The summed E-state index contributed by atoms with van der Waals surface area (Å²) in [6.45, 7) is 4.49. The molecule has 0 spiro atoms. The molecule has 0 saturated heterocycles. The minimum Gasteiger partial charge on any atom is -0.391 e. The number of primary amides is 1. The van der Waals surface area contributed by atoms with Gasteiger partial charge in [-0.25, -0.2) is 8.78 Å². The van der Waals surface area contributed by atoms with Gasteiger partial charge in [-0.15, -0.1) is 0 Å². The third kappa shape index (κ3) is 5.93. The first kappa shape index (κ1) is 24.3. The molecular formula is C26H34F2N2O2. The van der Waals surface area contributed by atoms with Gasteiger partial charge in [-0.1, -0.05) is 57.4 Å². The summed E-state index contributed by atoms with van der Waals surface area (Å²) in [7, 11) is 0. The highest BCUT2D eigenvalue weighted by Crippen LogP contribution is 2.38. The van der Waals surface area contributed by atoms with Crippen molar-refractivity contribution >= 4 is 5.91 Å². The van der Waals surface area contributed by atoms with Gasteiger partial charge >= 0.3 is 0 Å². The molecule has 1 fully saturated rings. The number of carbonyl (C=O) groups excluding carboxylic acids is 1. The van der Waals surface area contributed by atoms with Crippen molar-refractivity contribution in [3.63, 3.8) is 0 Å². The Morgan fingerprint density at radius 2 is 1.75 bits per heavy atom. The second-order valence-corrected chi connectivity index (χ2v) is 9.36. The quantitative estimate of drug-likeness (QED) is 0.531. The number of nitrogens with two attached hydrogens (primary N) is 1. The van der Waals surface area contributed by atoms with Gasteiger partial charge in [-0.2, -0.15) is 0 Å². The molecule has 0 aliphatic heterocycles. The lowest BCUT2D eigenvalue weighted by Crippen LogP contribution is -2.50. The zero-order chi connectivity index (χ0) is 23.3. The van der Waals surface area contributed by atoms with E-state index in [1.54, 1.807) is 0 Å². The van der Waals surface area contributed by atoms with Crippen molar-refractivity contribution < 1.29 is 18.7 Å². The molecule has 1 saturated carbocycles. The van der Waals surface area contributed by atoms with Crippen LogP contribution in [0.25, 0.3) is 0 Å². The first-order valence-electron chi connectivity index (χ1n) is 11.5. The molecule has 2 aromatic carbocycles. The fraction of sp³-hybridized carbons (Fsp3) is 0.500. The van der Waals surface area contributed by atoms with Crippen molar-refractivity contribution in [1.82, 2.24) is 5.32 Å². The van der Waals surface area contributed by atoms with Gasteiger partial charge in [0.25, 0.3) is 0 Å². The maximum Gasteiger partial charge on any atom is 0.223 e. The van der Waals surface area contributed by atoms with Gasteiger partial charge in [0.1, 0.15) is 11.6 Å². The van der Waals surface area contributed by atoms with E-state index < -0.39 is 29.6 Å². The number of aliphatic hydroxyl groups is 1. The van der Waals surface area contributed by atoms with Crippen LogP contribution in [-0.4, -0.2) is 23.7 Å². The Hall–Kier alpha value is -2.31. The number of rotatable bonds is 9. The second-order valence-electron chi connectivity index (χ2n) is 9.36. The zero-order valence-corrected chi connectivity index (χ0v) is 18.9. The smallest absolute Gasteiger partial charge is 0.223 e. The van der Waals surface area contributed by atoms with Crippen molar-refractivity contribution in [2.45, 2.75) is 69.9 Å². The lowest BCUT2D eigenvalue weighted by atomic mass is 9.75. The molecule has 6 heteroatoms. The predicted octanol–water partition coefficient (Wildman–Crippen LogP) is 4.54. The zero-order valence-electron chi connectivity index (χ0n) is 18.9. The number of hydrogen-bond acceptors (Lipinski definition) is 3. The van der Waals surface area contributed by atoms with Crippen LogP contribution in [0.2, 0.25) is 0 Å². The molecule has 4 N–H and O–H groups in total. The third-order valence-corrected chi connectivity index (χ3v) is 6.67. The van der Waals surface area contributed by atoms with Crippen LogP contribution in [0.15, 0.2) is 42.5 Å². The molecule has 2 atom stereocenters. The summed E-state index contributed by atoms with van der Waals surface area (Å²) in [6.07, 6.45) is 4.11. The van der Waals surface area contributed by atoms with Crippen molar-refractivity contribution in [3.8, 4) is 0 Å². The van der Waals surface area contributed by atoms with Gasteiger partial charge in [0.05, 0.1) is 12.0 Å². The number of nitrogens with one attached hydrogen (secondary N) is 1. The minimum absolute atomic E-state index is 0.0251. The average molecular weight is 445 g/mol. The molecule has 0 heterocycles. The normalized spacial score (nSPS) is 17.8. The number of halogens is 2. The number of hydrogen-bond donors (Lipinski definition) is 3. The highest BCUT2D eigenvalue weighted by atomic mass is 19.1. The summed E-state index contributed by atoms with van der Waals surface area (Å²) < 4.78 is 27.1. The SMILES string of the molecule is CC(C)c1cccc(C2(NC[C@H](O)[C@H](Cc3cc(F)cc(F)c3)C(N)=O)CCCCC2)c1. The summed E-state index contributed by atoms with van der Waals surface area (Å²) in [5.74, 6) is -2.68. The average Bonchev–Trinajstić information content (AvgIpc) is 2.75. The Kier molecular flexibility index (Phi) is 8.01. The molecule has 3 rings (SSSR count). The second kappa shape index (κ2) is 10.5.